The van der Waals surface area contributed by atoms with E-state index >= 15 is 0 Å². The number of aliphatic hydroxyl groups excluding tert-OH is 2. The molecule has 16 heteroatoms. The van der Waals surface area contributed by atoms with Gasteiger partial charge in [-0.2, -0.15) is 0 Å². The summed E-state index contributed by atoms with van der Waals surface area (Å²) in [4.78, 5) is 40.6. The van der Waals surface area contributed by atoms with Crippen LogP contribution in [0, 0.1) is 11.6 Å². The van der Waals surface area contributed by atoms with E-state index < -0.39 is 106 Å². The molecule has 0 spiro atoms. The van der Waals surface area contributed by atoms with E-state index in [-0.39, 0.29) is 36.8 Å². The number of carbonyl (C=O) groups excluding carboxylic acids is 2. The van der Waals surface area contributed by atoms with Crippen LogP contribution in [0.2, 0.25) is 0 Å². The zero-order valence-electron chi connectivity index (χ0n) is 28.6. The Kier molecular flexibility index (Phi) is 11.5. The van der Waals surface area contributed by atoms with Crippen LogP contribution in [-0.4, -0.2) is 79.9 Å². The summed E-state index contributed by atoms with van der Waals surface area (Å²) < 4.78 is 56.0. The number of carbonyl (C=O) groups is 2. The molecular formula is C39H34F2O14. The second-order valence-corrected chi connectivity index (χ2v) is 12.6. The first-order valence-electron chi connectivity index (χ1n) is 16.8. The smallest absolute Gasteiger partial charge is 0.306 e. The van der Waals surface area contributed by atoms with E-state index in [9.17, 15) is 53.8 Å². The second-order valence-electron chi connectivity index (χ2n) is 12.6. The third kappa shape index (κ3) is 8.78. The predicted octanol–water partition coefficient (Wildman–Crippen LogP) is 4.11. The number of phenolic OH excluding ortho intramolecular Hbond substituents is 4. The lowest BCUT2D eigenvalue weighted by atomic mass is 9.98. The predicted molar refractivity (Wildman–Crippen MR) is 186 cm³/mol. The van der Waals surface area contributed by atoms with Crippen molar-refractivity contribution in [2.45, 2.75) is 56.4 Å². The first-order valence-corrected chi connectivity index (χ1v) is 16.8. The van der Waals surface area contributed by atoms with Crippen molar-refractivity contribution < 1.29 is 72.4 Å². The van der Waals surface area contributed by atoms with Crippen LogP contribution in [-0.2, 0) is 36.6 Å². The van der Waals surface area contributed by atoms with Gasteiger partial charge in [0.1, 0.15) is 46.3 Å². The number of aliphatic hydroxyl groups is 2. The van der Waals surface area contributed by atoms with E-state index in [1.165, 1.54) is 54.6 Å². The van der Waals surface area contributed by atoms with Gasteiger partial charge in [-0.3, -0.25) is 14.4 Å². The van der Waals surface area contributed by atoms with Gasteiger partial charge in [0.15, 0.2) is 23.4 Å². The van der Waals surface area contributed by atoms with Crippen molar-refractivity contribution >= 4 is 22.9 Å². The van der Waals surface area contributed by atoms with Gasteiger partial charge in [0.25, 0.3) is 0 Å². The van der Waals surface area contributed by atoms with Crippen LogP contribution < -0.4 is 10.2 Å². The largest absolute Gasteiger partial charge is 0.508 e. The van der Waals surface area contributed by atoms with E-state index in [1.807, 2.05) is 0 Å². The summed E-state index contributed by atoms with van der Waals surface area (Å²) in [6.07, 6.45) is -9.42. The van der Waals surface area contributed by atoms with Crippen molar-refractivity contribution in [3.63, 3.8) is 0 Å². The molecule has 4 aromatic carbocycles. The number of aryl methyl sites for hydroxylation is 2. The van der Waals surface area contributed by atoms with Gasteiger partial charge in [0, 0.05) is 30.5 Å². The van der Waals surface area contributed by atoms with Gasteiger partial charge in [0.2, 0.25) is 23.6 Å². The third-order valence-electron chi connectivity index (χ3n) is 8.78. The summed E-state index contributed by atoms with van der Waals surface area (Å²) in [5.74, 6) is -6.36. The summed E-state index contributed by atoms with van der Waals surface area (Å²) in [7, 11) is 0. The van der Waals surface area contributed by atoms with Crippen molar-refractivity contribution in [2.75, 3.05) is 6.61 Å². The minimum atomic E-state index is -1.95. The Bertz CT molecular complexity index is 2240. The van der Waals surface area contributed by atoms with Crippen molar-refractivity contribution in [3.05, 3.63) is 112 Å². The molecule has 1 unspecified atom stereocenters. The summed E-state index contributed by atoms with van der Waals surface area (Å²) in [5.41, 5.74) is -0.320. The zero-order valence-corrected chi connectivity index (χ0v) is 28.6. The molecule has 0 amide bonds. The summed E-state index contributed by atoms with van der Waals surface area (Å²) >= 11 is 0. The zero-order chi connectivity index (χ0) is 39.4. The van der Waals surface area contributed by atoms with E-state index in [0.717, 1.165) is 24.3 Å². The van der Waals surface area contributed by atoms with Crippen LogP contribution in [0.5, 0.6) is 28.7 Å². The summed E-state index contributed by atoms with van der Waals surface area (Å²) in [5, 5.41) is 61.9. The minimum Gasteiger partial charge on any atom is -0.508 e. The number of aromatic hydroxyl groups is 4. The van der Waals surface area contributed by atoms with Crippen LogP contribution in [0.25, 0.3) is 22.3 Å². The van der Waals surface area contributed by atoms with Crippen LogP contribution in [0.3, 0.4) is 0 Å². The average Bonchev–Trinajstić information content (AvgIpc) is 3.15. The Morgan fingerprint density at radius 3 is 1.87 bits per heavy atom. The number of benzene rings is 4. The standard InChI is InChI=1S/C39H34F2O14/c40-22-8-1-19(2-9-22)5-13-30(47)53-36-33(49)29(18-42)52-39(38(36)54-31(48)14-6-20-3-10-23(41)11-4-20)55-37-34(50)32-27(46)16-24(43)17-28(32)51-35(37)21-7-12-25(44)26(45)15-21/h1-4,7-12,15-17,29,33,36,38-39,42-46,49H,5-6,13-14,18H2/t29-,33?,36-,38-,39-/m0/s1. The molecule has 288 valence electrons. The average molecular weight is 765 g/mol. The molecule has 1 aliphatic rings. The summed E-state index contributed by atoms with van der Waals surface area (Å²) in [6.45, 7) is -0.888. The molecule has 0 radical (unpaired) electrons. The number of hydrogen-bond donors (Lipinski definition) is 6. The van der Waals surface area contributed by atoms with E-state index in [2.05, 4.69) is 0 Å². The molecule has 1 fully saturated rings. The van der Waals surface area contributed by atoms with Crippen molar-refractivity contribution in [3.8, 4) is 40.1 Å². The second kappa shape index (κ2) is 16.4. The van der Waals surface area contributed by atoms with Crippen molar-refractivity contribution in [1.82, 2.24) is 0 Å². The third-order valence-corrected chi connectivity index (χ3v) is 8.78. The highest BCUT2D eigenvalue weighted by molar-refractivity contribution is 5.88. The molecule has 55 heavy (non-hydrogen) atoms. The van der Waals surface area contributed by atoms with Crippen LogP contribution in [0.15, 0.2) is 88.1 Å². The van der Waals surface area contributed by atoms with Gasteiger partial charge >= 0.3 is 11.9 Å². The number of halogens is 2. The van der Waals surface area contributed by atoms with E-state index in [4.69, 9.17) is 23.4 Å². The molecule has 6 rings (SSSR count). The first kappa shape index (κ1) is 38.5. The Morgan fingerprint density at radius 2 is 1.31 bits per heavy atom. The van der Waals surface area contributed by atoms with Gasteiger partial charge in [0.05, 0.1) is 6.61 Å². The lowest BCUT2D eigenvalue weighted by Crippen LogP contribution is -2.62. The van der Waals surface area contributed by atoms with Gasteiger partial charge in [-0.05, 0) is 66.4 Å². The van der Waals surface area contributed by atoms with Gasteiger partial charge < -0.3 is 54.0 Å². The molecule has 1 aromatic heterocycles. The maximum Gasteiger partial charge on any atom is 0.306 e. The van der Waals surface area contributed by atoms with Gasteiger partial charge in [-0.1, -0.05) is 24.3 Å². The molecule has 1 saturated heterocycles. The highest BCUT2D eigenvalue weighted by atomic mass is 19.1. The maximum atomic E-state index is 14.1. The normalized spacial score (nSPS) is 19.5. The van der Waals surface area contributed by atoms with E-state index in [0.29, 0.717) is 11.1 Å². The molecule has 6 N–H and O–H groups in total. The van der Waals surface area contributed by atoms with Crippen molar-refractivity contribution in [2.24, 2.45) is 0 Å². The fourth-order valence-electron chi connectivity index (χ4n) is 5.96. The fourth-order valence-corrected chi connectivity index (χ4v) is 5.96. The lowest BCUT2D eigenvalue weighted by Gasteiger charge is -2.42. The van der Waals surface area contributed by atoms with Crippen LogP contribution in [0.4, 0.5) is 8.78 Å². The first-order chi connectivity index (χ1) is 26.3. The van der Waals surface area contributed by atoms with Crippen LogP contribution in [0.1, 0.15) is 24.0 Å². The SMILES string of the molecule is O=C(CCc1ccc(F)cc1)O[C@@H]1[C@H](Oc2c(-c3ccc(O)c(O)c3)oc3cc(O)cc(O)c3c2=O)O[C@@H](CO)C(O)[C@@H]1OC(=O)CCc1ccc(F)cc1. The van der Waals surface area contributed by atoms with E-state index in [1.54, 1.807) is 0 Å². The maximum absolute atomic E-state index is 14.1. The van der Waals surface area contributed by atoms with Gasteiger partial charge in [-0.15, -0.1) is 0 Å². The lowest BCUT2D eigenvalue weighted by molar-refractivity contribution is -0.286. The number of esters is 2. The molecule has 5 atom stereocenters. The monoisotopic (exact) mass is 764 g/mol. The fraction of sp³-hybridized carbons (Fsp3) is 0.256. The number of fused-ring (bicyclic) bond motifs is 1. The number of hydrogen-bond acceptors (Lipinski definition) is 14. The van der Waals surface area contributed by atoms with Gasteiger partial charge in [-0.25, -0.2) is 8.78 Å². The molecule has 5 aromatic rings. The Labute approximate surface area is 309 Å². The Hall–Kier alpha value is -6.23. The minimum absolute atomic E-state index is 0.0665. The number of phenols is 4. The molecule has 0 saturated carbocycles. The topological polar surface area (TPSA) is 223 Å². The highest BCUT2D eigenvalue weighted by Gasteiger charge is 2.51. The molecule has 1 aliphatic heterocycles. The molecule has 0 bridgehead atoms. The molecule has 2 heterocycles. The summed E-state index contributed by atoms with van der Waals surface area (Å²) in [6, 6.07) is 15.8. The van der Waals surface area contributed by atoms with Crippen LogP contribution >= 0.6 is 0 Å². The quantitative estimate of drug-likeness (QED) is 0.0778. The Morgan fingerprint density at radius 1 is 0.727 bits per heavy atom. The number of ether oxygens (including phenoxy) is 4. The molecular weight excluding hydrogens is 730 g/mol. The Balaban J connectivity index is 1.39. The molecule has 0 aliphatic carbocycles. The number of rotatable bonds is 12. The van der Waals surface area contributed by atoms with Crippen molar-refractivity contribution in [1.29, 1.82) is 0 Å². The molecule has 14 nitrogen and oxygen atoms in total. The highest BCUT2D eigenvalue weighted by Crippen LogP contribution is 2.40.